The number of halogens is 3. The first-order valence-electron chi connectivity index (χ1n) is 30.8. The first kappa shape index (κ1) is 67.9. The van der Waals surface area contributed by atoms with E-state index in [4.69, 9.17) is 102 Å². The molecule has 10 atom stereocenters. The molecule has 502 valence electrons. The number of hydrogen-bond donors (Lipinski definition) is 2. The molecule has 0 aliphatic carbocycles. The van der Waals surface area contributed by atoms with E-state index in [9.17, 15) is 24.9 Å². The molecule has 3 N–H and O–H groups in total. The zero-order valence-corrected chi connectivity index (χ0v) is 56.4. The molecule has 0 radical (unpaired) electrons. The van der Waals surface area contributed by atoms with Gasteiger partial charge in [-0.05, 0) is 115 Å². The predicted octanol–water partition coefficient (Wildman–Crippen LogP) is 9.65. The molecule has 27 heteroatoms. The summed E-state index contributed by atoms with van der Waals surface area (Å²) in [6, 6.07) is 6.08. The van der Waals surface area contributed by atoms with Gasteiger partial charge >= 0.3 is 18.4 Å². The molecule has 8 aliphatic heterocycles. The van der Waals surface area contributed by atoms with Gasteiger partial charge in [-0.15, -0.1) is 0 Å². The minimum Gasteiger partial charge on any atom is -0.467 e. The third-order valence-electron chi connectivity index (χ3n) is 19.5. The van der Waals surface area contributed by atoms with Crippen molar-refractivity contribution in [3.63, 3.8) is 0 Å². The van der Waals surface area contributed by atoms with Crippen molar-refractivity contribution in [1.82, 2.24) is 24.9 Å². The Morgan fingerprint density at radius 2 is 1.05 bits per heavy atom. The summed E-state index contributed by atoms with van der Waals surface area (Å²) >= 11 is 17.5. The van der Waals surface area contributed by atoms with Crippen LogP contribution in [-0.2, 0) is 49.4 Å². The molecule has 1 amide bonds. The molecule has 12 rings (SSSR count). The predicted molar refractivity (Wildman–Crippen MR) is 343 cm³/mol. The number of fused-ring (bicyclic) bond motifs is 18. The van der Waals surface area contributed by atoms with Crippen LogP contribution in [0.1, 0.15) is 102 Å². The minimum absolute atomic E-state index is 0.0182. The Kier molecular flexibility index (Phi) is 20.0. The molecular weight excluding hydrogens is 1280 g/mol. The van der Waals surface area contributed by atoms with Gasteiger partial charge < -0.3 is 72.6 Å². The van der Waals surface area contributed by atoms with E-state index in [1.165, 1.54) is 17.7 Å². The summed E-state index contributed by atoms with van der Waals surface area (Å²) in [5.41, 5.74) is 19.2. The van der Waals surface area contributed by atoms with Gasteiger partial charge in [0.2, 0.25) is 17.4 Å². The fourth-order valence-electron chi connectivity index (χ4n) is 15.5. The molecule has 4 aromatic carbocycles. The van der Waals surface area contributed by atoms with Crippen molar-refractivity contribution in [1.29, 1.82) is 10.5 Å². The summed E-state index contributed by atoms with van der Waals surface area (Å²) in [7, 11) is 7.28. The van der Waals surface area contributed by atoms with Crippen LogP contribution in [0.4, 0.5) is 14.4 Å². The summed E-state index contributed by atoms with van der Waals surface area (Å²) in [5.74, 6) is 4.07. The van der Waals surface area contributed by atoms with Crippen LogP contribution in [-0.4, -0.2) is 166 Å². The molecule has 8 aliphatic rings. The molecule has 8 heterocycles. The minimum atomic E-state index is -1.82. The van der Waals surface area contributed by atoms with Crippen LogP contribution in [0.5, 0.6) is 46.0 Å². The fraction of sp³-hybridized carbons (Fsp3) is 0.507. The number of nitriles is 2. The average Bonchev–Trinajstić information content (AvgIpc) is 0.935. The maximum absolute atomic E-state index is 13.0. The Labute approximate surface area is 560 Å². The number of hydrogen-bond acceptors (Lipinski definition) is 23. The van der Waals surface area contributed by atoms with Crippen molar-refractivity contribution in [3.05, 3.63) is 115 Å². The van der Waals surface area contributed by atoms with E-state index < -0.39 is 59.0 Å². The largest absolute Gasteiger partial charge is 0.514 e. The van der Waals surface area contributed by atoms with Crippen molar-refractivity contribution in [2.45, 2.75) is 131 Å². The second-order valence-corrected chi connectivity index (χ2v) is 27.0. The standard InChI is InChI=1S/C35H39Cl3N4O9.C32H38N4O7/c1-7-8-46-34(44)51-29-19(4)31-32(50-16-49-31)27-21(29)11-23-28-26-20(9-17(2)18(3)30(26)48-15-45-6)10-22(41(28)5)24(12-39)42(23)25(27)13-40-33(43)47-14-35(36,37)38;1-7-8-39-32(37)43-28-18(4)30-31(42-15-41-30)26-20(28)11-22-27-25-19(9-16(2)17(3)29(25)40-14-38-6)10-21(35(27)5)23(12-33)36(22)24(26)13-34/h7,9,22-25,28H,1,8,10-11,13-16H2,2-6H3,(H,40,43);7,9,21-24,27H,1,8,10-11,13-15,34H2,2-6H3/t22-,23?,24-,25-,28-;21-,22?,23-,24-,27-/m00/s1. The molecule has 0 saturated carbocycles. The highest BCUT2D eigenvalue weighted by Crippen LogP contribution is 2.60. The maximum atomic E-state index is 13.0. The van der Waals surface area contributed by atoms with Crippen molar-refractivity contribution < 1.29 is 76.0 Å². The Morgan fingerprint density at radius 3 is 1.46 bits per heavy atom. The van der Waals surface area contributed by atoms with Crippen molar-refractivity contribution in [2.24, 2.45) is 5.73 Å². The molecule has 4 aromatic rings. The molecule has 2 saturated heterocycles. The third-order valence-corrected chi connectivity index (χ3v) is 19.8. The second-order valence-electron chi connectivity index (χ2n) is 24.5. The molecule has 0 aromatic heterocycles. The van der Waals surface area contributed by atoms with Crippen molar-refractivity contribution >= 4 is 53.2 Å². The lowest BCUT2D eigenvalue weighted by Crippen LogP contribution is -2.68. The van der Waals surface area contributed by atoms with Crippen LogP contribution in [0.3, 0.4) is 0 Å². The number of carbonyl (C=O) groups is 3. The van der Waals surface area contributed by atoms with Crippen LogP contribution in [0.15, 0.2) is 37.4 Å². The van der Waals surface area contributed by atoms with Gasteiger partial charge in [0.15, 0.2) is 36.6 Å². The number of nitrogens with two attached hydrogens (primary N) is 1. The summed E-state index contributed by atoms with van der Waals surface area (Å²) < 4.78 is 72.7. The number of alkyl carbamates (subject to hydrolysis) is 1. The number of piperazine rings is 2. The molecule has 94 heavy (non-hydrogen) atoms. The average molecular weight is 1360 g/mol. The van der Waals surface area contributed by atoms with Gasteiger partial charge in [0.1, 0.15) is 54.9 Å². The first-order valence-corrected chi connectivity index (χ1v) is 32.0. The van der Waals surface area contributed by atoms with Crippen LogP contribution in [0.2, 0.25) is 0 Å². The lowest BCUT2D eigenvalue weighted by Gasteiger charge is -2.60. The highest BCUT2D eigenvalue weighted by Gasteiger charge is 2.59. The fourth-order valence-corrected chi connectivity index (χ4v) is 15.7. The summed E-state index contributed by atoms with van der Waals surface area (Å²) in [6.45, 7) is 18.8. The topological polar surface area (TPSA) is 270 Å². The second kappa shape index (κ2) is 27.7. The number of amides is 1. The van der Waals surface area contributed by atoms with Gasteiger partial charge in [-0.2, -0.15) is 10.5 Å². The van der Waals surface area contributed by atoms with E-state index >= 15 is 0 Å². The quantitative estimate of drug-likeness (QED) is 0.0264. The number of carbonyl (C=O) groups excluding carboxylic acids is 3. The lowest BCUT2D eigenvalue weighted by molar-refractivity contribution is -0.0730. The van der Waals surface area contributed by atoms with E-state index in [1.807, 2.05) is 27.8 Å². The molecular formula is C67H77Cl3N8O16. The number of ether oxygens (including phenoxy) is 13. The van der Waals surface area contributed by atoms with Gasteiger partial charge in [-0.3, -0.25) is 19.6 Å². The smallest absolute Gasteiger partial charge is 0.467 e. The molecule has 2 unspecified atom stereocenters. The van der Waals surface area contributed by atoms with Crippen molar-refractivity contribution in [2.75, 3.05) is 88.4 Å². The van der Waals surface area contributed by atoms with Crippen LogP contribution in [0, 0.1) is 64.2 Å². The summed E-state index contributed by atoms with van der Waals surface area (Å²) in [5, 5.41) is 24.4. The van der Waals surface area contributed by atoms with E-state index in [-0.39, 0.29) is 89.4 Å². The van der Waals surface area contributed by atoms with E-state index in [0.29, 0.717) is 76.7 Å². The Balaban J connectivity index is 0.000000194. The zero-order valence-electron chi connectivity index (χ0n) is 54.1. The van der Waals surface area contributed by atoms with E-state index in [2.05, 4.69) is 83.2 Å². The Hall–Kier alpha value is -7.46. The molecule has 24 nitrogen and oxygen atoms in total. The zero-order chi connectivity index (χ0) is 67.4. The SMILES string of the molecule is C=CCOC(=O)Oc1c(C)c2c(c3c1CC1[C@H]4c5c(cc(C)c(C)c5OCOC)C[C@@H]([C@H](C#N)N1[C@H]3CN)N4C)OCO2.C=CCOC(=O)Oc1c(C)c2c(c3c1CC1[C@H]4c5c(cc(C)c(C)c5OCOC)C[C@@H]([C@H](C#N)N1[C@H]3CNC(=O)OCC(Cl)(Cl)Cl)N4C)OCO2. The molecule has 4 bridgehead atoms. The number of alkyl halides is 3. The number of rotatable bonds is 16. The lowest BCUT2D eigenvalue weighted by atomic mass is 9.71. The summed E-state index contributed by atoms with van der Waals surface area (Å²) in [4.78, 5) is 47.7. The molecule has 2 fully saturated rings. The molecule has 0 spiro atoms. The van der Waals surface area contributed by atoms with Crippen LogP contribution >= 0.6 is 34.8 Å². The summed E-state index contributed by atoms with van der Waals surface area (Å²) in [6.07, 6.45) is 2.37. The number of aryl methyl sites for hydroxylation is 2. The van der Waals surface area contributed by atoms with Crippen LogP contribution < -0.4 is 48.9 Å². The van der Waals surface area contributed by atoms with Gasteiger partial charge in [-0.25, -0.2) is 14.4 Å². The highest BCUT2D eigenvalue weighted by molar-refractivity contribution is 6.67. The van der Waals surface area contributed by atoms with Crippen molar-refractivity contribution in [3.8, 4) is 58.1 Å². The van der Waals surface area contributed by atoms with E-state index in [1.54, 1.807) is 21.1 Å². The Bertz CT molecular complexity index is 3780. The van der Waals surface area contributed by atoms with Gasteiger partial charge in [0.25, 0.3) is 0 Å². The highest BCUT2D eigenvalue weighted by atomic mass is 35.6. The number of methoxy groups -OCH3 is 2. The number of nitrogens with zero attached hydrogens (tertiary/aromatic N) is 6. The number of likely N-dealkylation sites (N-methyl/N-ethyl adjacent to an activating group) is 2. The normalized spacial score (nSPS) is 24.1. The third kappa shape index (κ3) is 12.0. The van der Waals surface area contributed by atoms with Gasteiger partial charge in [0.05, 0.1) is 36.3 Å². The van der Waals surface area contributed by atoms with Crippen LogP contribution in [0.25, 0.3) is 0 Å². The van der Waals surface area contributed by atoms with Gasteiger partial charge in [-0.1, -0.05) is 72.2 Å². The maximum Gasteiger partial charge on any atom is 0.514 e. The number of nitrogens with one attached hydrogen (secondary N) is 1. The first-order chi connectivity index (χ1) is 45.1. The Morgan fingerprint density at radius 1 is 0.628 bits per heavy atom. The van der Waals surface area contributed by atoms with Gasteiger partial charge in [0, 0.05) is 96.0 Å². The number of benzene rings is 4. The monoisotopic (exact) mass is 1350 g/mol. The van der Waals surface area contributed by atoms with E-state index in [0.717, 1.165) is 61.6 Å².